The average Bonchev–Trinajstić information content (AvgIpc) is 2.62. The molecular formula is C19H28N2O6. The fraction of sp³-hybridized carbons (Fsp3) is 0.474. The van der Waals surface area contributed by atoms with E-state index in [9.17, 15) is 29.4 Å². The van der Waals surface area contributed by atoms with E-state index in [2.05, 4.69) is 17.6 Å². The van der Waals surface area contributed by atoms with Gasteiger partial charge in [0.2, 0.25) is 0 Å². The smallest absolute Gasteiger partial charge is 0.336 e. The van der Waals surface area contributed by atoms with Crippen LogP contribution in [-0.2, 0) is 0 Å². The Kier molecular flexibility index (Phi) is 10.4. The summed E-state index contributed by atoms with van der Waals surface area (Å²) < 4.78 is 0. The molecule has 2 amide bonds. The molecule has 0 aliphatic carbocycles. The number of nitrogens with one attached hydrogen (secondary N) is 2. The Morgan fingerprint density at radius 2 is 1.30 bits per heavy atom. The Labute approximate surface area is 159 Å². The first-order chi connectivity index (χ1) is 12.3. The van der Waals surface area contributed by atoms with Crippen LogP contribution in [0.5, 0.6) is 0 Å². The first kappa shape index (κ1) is 24.1. The van der Waals surface area contributed by atoms with Crippen molar-refractivity contribution in [2.24, 2.45) is 0 Å². The Bertz CT molecular complexity index is 700. The lowest BCUT2D eigenvalue weighted by Crippen LogP contribution is -2.28. The van der Waals surface area contributed by atoms with Gasteiger partial charge in [-0.15, -0.1) is 0 Å². The summed E-state index contributed by atoms with van der Waals surface area (Å²) in [6, 6.07) is 1.85. The molecule has 150 valence electrons. The van der Waals surface area contributed by atoms with Crippen molar-refractivity contribution in [3.63, 3.8) is 0 Å². The zero-order chi connectivity index (χ0) is 19.7. The van der Waals surface area contributed by atoms with Crippen LogP contribution in [0.4, 0.5) is 0 Å². The monoisotopic (exact) mass is 380 g/mol. The van der Waals surface area contributed by atoms with E-state index in [1.54, 1.807) is 0 Å². The van der Waals surface area contributed by atoms with Crippen LogP contribution < -0.4 is 10.6 Å². The number of carboxylic acid groups (broad SMARTS) is 2. The van der Waals surface area contributed by atoms with Gasteiger partial charge in [0, 0.05) is 13.6 Å². The average molecular weight is 380 g/mol. The van der Waals surface area contributed by atoms with Crippen molar-refractivity contribution in [3.8, 4) is 0 Å². The van der Waals surface area contributed by atoms with Crippen LogP contribution in [0.3, 0.4) is 0 Å². The van der Waals surface area contributed by atoms with Crippen LogP contribution in [0.1, 0.15) is 87.9 Å². The molecule has 4 N–H and O–H groups in total. The van der Waals surface area contributed by atoms with Crippen LogP contribution in [0.2, 0.25) is 0 Å². The Morgan fingerprint density at radius 1 is 0.815 bits per heavy atom. The third kappa shape index (κ3) is 6.73. The van der Waals surface area contributed by atoms with Gasteiger partial charge in [-0.25, -0.2) is 9.59 Å². The van der Waals surface area contributed by atoms with E-state index >= 15 is 0 Å². The molecule has 1 aromatic rings. The summed E-state index contributed by atoms with van der Waals surface area (Å²) >= 11 is 0. The number of benzene rings is 1. The van der Waals surface area contributed by atoms with E-state index in [-0.39, 0.29) is 18.6 Å². The number of unbranched alkanes of at least 4 members (excludes halogenated alkanes) is 4. The molecule has 0 fully saturated rings. The van der Waals surface area contributed by atoms with E-state index in [4.69, 9.17) is 0 Å². The molecule has 0 aromatic heterocycles. The fourth-order valence-electron chi connectivity index (χ4n) is 2.49. The maximum atomic E-state index is 12.3. The fourth-order valence-corrected chi connectivity index (χ4v) is 2.49. The Hall–Kier alpha value is -2.90. The molecule has 0 bridgehead atoms. The van der Waals surface area contributed by atoms with Gasteiger partial charge in [0.25, 0.3) is 11.8 Å². The van der Waals surface area contributed by atoms with E-state index in [1.165, 1.54) is 7.05 Å². The number of hydrogen-bond donors (Lipinski definition) is 4. The maximum Gasteiger partial charge on any atom is 0.336 e. The highest BCUT2D eigenvalue weighted by atomic mass is 16.4. The van der Waals surface area contributed by atoms with Crippen LogP contribution in [0, 0.1) is 0 Å². The van der Waals surface area contributed by atoms with Gasteiger partial charge in [0.05, 0.1) is 22.3 Å². The standard InChI is InChI=1S/C18H24N2O6.CH4/c1-3-4-5-6-7-8-20-16(22)12-10-13(17(23)24)11(15(21)19-2)9-14(12)18(25)26;/h9-10H,3-8H2,1-2H3,(H,19,21)(H,20,22)(H,23,24)(H,25,26);1H4. The molecule has 0 saturated heterocycles. The summed E-state index contributed by atoms with van der Waals surface area (Å²) in [5.41, 5.74) is -1.44. The van der Waals surface area contributed by atoms with Crippen molar-refractivity contribution < 1.29 is 29.4 Å². The molecule has 0 aliphatic heterocycles. The minimum absolute atomic E-state index is 0. The van der Waals surface area contributed by atoms with Crippen molar-refractivity contribution in [1.82, 2.24) is 10.6 Å². The molecule has 0 unspecified atom stereocenters. The second-order valence-corrected chi connectivity index (χ2v) is 5.80. The van der Waals surface area contributed by atoms with E-state index in [0.29, 0.717) is 6.54 Å². The number of amides is 2. The summed E-state index contributed by atoms with van der Waals surface area (Å²) in [4.78, 5) is 47.0. The highest BCUT2D eigenvalue weighted by Gasteiger charge is 2.25. The topological polar surface area (TPSA) is 133 Å². The third-order valence-electron chi connectivity index (χ3n) is 3.90. The van der Waals surface area contributed by atoms with Gasteiger partial charge in [-0.3, -0.25) is 9.59 Å². The van der Waals surface area contributed by atoms with Gasteiger partial charge in [-0.2, -0.15) is 0 Å². The predicted molar refractivity (Wildman–Crippen MR) is 102 cm³/mol. The van der Waals surface area contributed by atoms with Gasteiger partial charge < -0.3 is 20.8 Å². The zero-order valence-electron chi connectivity index (χ0n) is 14.9. The summed E-state index contributed by atoms with van der Waals surface area (Å²) in [6.45, 7) is 2.46. The van der Waals surface area contributed by atoms with Crippen molar-refractivity contribution in [2.75, 3.05) is 13.6 Å². The lowest BCUT2D eigenvalue weighted by Gasteiger charge is -2.12. The van der Waals surface area contributed by atoms with E-state index < -0.39 is 34.9 Å². The van der Waals surface area contributed by atoms with Gasteiger partial charge in [-0.05, 0) is 18.6 Å². The largest absolute Gasteiger partial charge is 0.478 e. The first-order valence-electron chi connectivity index (χ1n) is 8.48. The lowest BCUT2D eigenvalue weighted by atomic mass is 9.97. The minimum atomic E-state index is -1.42. The summed E-state index contributed by atoms with van der Waals surface area (Å²) in [7, 11) is 1.30. The van der Waals surface area contributed by atoms with Gasteiger partial charge in [0.1, 0.15) is 0 Å². The van der Waals surface area contributed by atoms with Crippen molar-refractivity contribution in [1.29, 1.82) is 0 Å². The van der Waals surface area contributed by atoms with Crippen LogP contribution in [0.25, 0.3) is 0 Å². The number of hydrogen-bond acceptors (Lipinski definition) is 4. The molecule has 0 radical (unpaired) electrons. The molecule has 1 rings (SSSR count). The number of rotatable bonds is 10. The Morgan fingerprint density at radius 3 is 1.74 bits per heavy atom. The van der Waals surface area contributed by atoms with E-state index in [1.807, 2.05) is 0 Å². The quantitative estimate of drug-likeness (QED) is 0.461. The van der Waals surface area contributed by atoms with Gasteiger partial charge in [0.15, 0.2) is 0 Å². The zero-order valence-corrected chi connectivity index (χ0v) is 14.9. The molecular weight excluding hydrogens is 352 g/mol. The Balaban J connectivity index is 0.00000676. The summed E-state index contributed by atoms with van der Waals surface area (Å²) in [5, 5.41) is 23.5. The number of carbonyl (C=O) groups excluding carboxylic acids is 2. The molecule has 0 saturated carbocycles. The van der Waals surface area contributed by atoms with Crippen LogP contribution in [-0.4, -0.2) is 47.6 Å². The van der Waals surface area contributed by atoms with Crippen LogP contribution in [0.15, 0.2) is 12.1 Å². The predicted octanol–water partition coefficient (Wildman–Crippen LogP) is 2.78. The molecule has 8 heteroatoms. The SMILES string of the molecule is C.CCCCCCCNC(=O)c1cc(C(=O)O)c(C(=O)NC)cc1C(=O)O. The molecule has 8 nitrogen and oxygen atoms in total. The molecule has 0 atom stereocenters. The van der Waals surface area contributed by atoms with Crippen molar-refractivity contribution in [2.45, 2.75) is 46.5 Å². The van der Waals surface area contributed by atoms with Gasteiger partial charge >= 0.3 is 11.9 Å². The second-order valence-electron chi connectivity index (χ2n) is 5.80. The molecule has 1 aromatic carbocycles. The number of aromatic carboxylic acids is 2. The number of carbonyl (C=O) groups is 4. The van der Waals surface area contributed by atoms with Crippen molar-refractivity contribution >= 4 is 23.8 Å². The molecule has 0 heterocycles. The molecule has 27 heavy (non-hydrogen) atoms. The normalized spacial score (nSPS) is 9.85. The summed E-state index contributed by atoms with van der Waals surface area (Å²) in [5.74, 6) is -4.26. The lowest BCUT2D eigenvalue weighted by molar-refractivity contribution is 0.0675. The van der Waals surface area contributed by atoms with Crippen molar-refractivity contribution in [3.05, 3.63) is 34.4 Å². The molecule has 0 spiro atoms. The van der Waals surface area contributed by atoms with Gasteiger partial charge in [-0.1, -0.05) is 40.0 Å². The highest BCUT2D eigenvalue weighted by Crippen LogP contribution is 2.18. The van der Waals surface area contributed by atoms with Crippen LogP contribution >= 0.6 is 0 Å². The highest BCUT2D eigenvalue weighted by molar-refractivity contribution is 6.11. The number of carboxylic acids is 2. The first-order valence-corrected chi connectivity index (χ1v) is 8.48. The second kappa shape index (κ2) is 11.7. The minimum Gasteiger partial charge on any atom is -0.478 e. The summed E-state index contributed by atoms with van der Waals surface area (Å²) in [6.07, 6.45) is 4.95. The third-order valence-corrected chi connectivity index (χ3v) is 3.90. The van der Waals surface area contributed by atoms with E-state index in [0.717, 1.165) is 44.2 Å². The maximum absolute atomic E-state index is 12.3. The molecule has 0 aliphatic rings.